The van der Waals surface area contributed by atoms with E-state index in [4.69, 9.17) is 16.3 Å². The Bertz CT molecular complexity index is 610. The lowest BCUT2D eigenvalue weighted by molar-refractivity contribution is 0.150. The highest BCUT2D eigenvalue weighted by atomic mass is 35.5. The zero-order valence-corrected chi connectivity index (χ0v) is 17.3. The molecule has 0 amide bonds. The van der Waals surface area contributed by atoms with Crippen LogP contribution in [0.5, 0.6) is 5.75 Å². The molecule has 0 radical (unpaired) electrons. The van der Waals surface area contributed by atoms with E-state index in [1.54, 1.807) is 0 Å². The second kappa shape index (κ2) is 10.2. The molecule has 1 saturated heterocycles. The molecule has 1 atom stereocenters. The highest BCUT2D eigenvalue weighted by Crippen LogP contribution is 2.26. The molecule has 1 aromatic carbocycles. The van der Waals surface area contributed by atoms with Gasteiger partial charge in [0.15, 0.2) is 5.96 Å². The van der Waals surface area contributed by atoms with E-state index in [0.29, 0.717) is 17.6 Å². The van der Waals surface area contributed by atoms with Crippen molar-refractivity contribution in [2.24, 2.45) is 4.99 Å². The number of hydrogen-bond donors (Lipinski definition) is 2. The quantitative estimate of drug-likeness (QED) is 0.572. The number of rotatable bonds is 6. The molecule has 1 heterocycles. The maximum atomic E-state index is 6.16. The number of piperidine rings is 1. The molecule has 6 heteroatoms. The number of guanidine groups is 1. The van der Waals surface area contributed by atoms with Crippen LogP contribution in [-0.4, -0.2) is 55.7 Å². The van der Waals surface area contributed by atoms with Gasteiger partial charge in [-0.05, 0) is 44.7 Å². The number of para-hydroxylation sites is 1. The van der Waals surface area contributed by atoms with Crippen molar-refractivity contribution in [1.82, 2.24) is 15.5 Å². The van der Waals surface area contributed by atoms with Gasteiger partial charge in [0, 0.05) is 32.2 Å². The van der Waals surface area contributed by atoms with Gasteiger partial charge in [-0.15, -0.1) is 0 Å². The maximum absolute atomic E-state index is 6.16. The number of ether oxygens (including phenoxy) is 1. The lowest BCUT2D eigenvalue weighted by Crippen LogP contribution is -2.51. The molecule has 2 N–H and O–H groups in total. The summed E-state index contributed by atoms with van der Waals surface area (Å²) in [5, 5.41) is 7.60. The molecule has 1 aliphatic heterocycles. The van der Waals surface area contributed by atoms with Gasteiger partial charge in [0.2, 0.25) is 0 Å². The summed E-state index contributed by atoms with van der Waals surface area (Å²) in [5.74, 6) is 1.57. The first kappa shape index (κ1) is 20.3. The number of aliphatic imine (C=N–C) groups is 1. The summed E-state index contributed by atoms with van der Waals surface area (Å²) in [6, 6.07) is 8.90. The van der Waals surface area contributed by atoms with Crippen LogP contribution in [0.3, 0.4) is 0 Å². The molecule has 0 aromatic heterocycles. The van der Waals surface area contributed by atoms with E-state index in [9.17, 15) is 0 Å². The molecule has 27 heavy (non-hydrogen) atoms. The molecule has 3 rings (SSSR count). The van der Waals surface area contributed by atoms with Crippen molar-refractivity contribution in [2.45, 2.75) is 63.6 Å². The third kappa shape index (κ3) is 6.01. The van der Waals surface area contributed by atoms with E-state index in [1.807, 2.05) is 38.2 Å². The average Bonchev–Trinajstić information content (AvgIpc) is 3.22. The predicted molar refractivity (Wildman–Crippen MR) is 113 cm³/mol. The van der Waals surface area contributed by atoms with Crippen molar-refractivity contribution in [3.8, 4) is 5.75 Å². The van der Waals surface area contributed by atoms with Gasteiger partial charge in [0.25, 0.3) is 0 Å². The second-order valence-corrected chi connectivity index (χ2v) is 8.11. The van der Waals surface area contributed by atoms with Crippen molar-refractivity contribution >= 4 is 17.6 Å². The summed E-state index contributed by atoms with van der Waals surface area (Å²) in [6.07, 6.45) is 7.97. The first-order valence-electron chi connectivity index (χ1n) is 10.3. The molecular weight excluding hydrogens is 360 g/mol. The van der Waals surface area contributed by atoms with E-state index in [0.717, 1.165) is 17.8 Å². The molecule has 0 bridgehead atoms. The van der Waals surface area contributed by atoms with E-state index in [-0.39, 0.29) is 6.10 Å². The van der Waals surface area contributed by atoms with Crippen LogP contribution in [0.15, 0.2) is 29.3 Å². The molecule has 5 nitrogen and oxygen atoms in total. The minimum Gasteiger partial charge on any atom is -0.487 e. The fourth-order valence-electron chi connectivity index (χ4n) is 4.11. The molecule has 0 spiro atoms. The van der Waals surface area contributed by atoms with Crippen LogP contribution in [0, 0.1) is 0 Å². The molecule has 150 valence electrons. The average molecular weight is 393 g/mol. The lowest BCUT2D eigenvalue weighted by atomic mass is 10.0. The SMILES string of the molecule is CN=C(NCC(C)Oc1ccccc1Cl)NC1CCN(C2CCCC2)CC1. The lowest BCUT2D eigenvalue weighted by Gasteiger charge is -2.36. The summed E-state index contributed by atoms with van der Waals surface area (Å²) in [4.78, 5) is 7.07. The van der Waals surface area contributed by atoms with Crippen molar-refractivity contribution in [3.63, 3.8) is 0 Å². The van der Waals surface area contributed by atoms with E-state index in [2.05, 4.69) is 20.5 Å². The van der Waals surface area contributed by atoms with Crippen LogP contribution in [-0.2, 0) is 0 Å². The first-order valence-corrected chi connectivity index (χ1v) is 10.7. The van der Waals surface area contributed by atoms with Crippen LogP contribution < -0.4 is 15.4 Å². The van der Waals surface area contributed by atoms with Gasteiger partial charge in [-0.25, -0.2) is 0 Å². The third-order valence-electron chi connectivity index (χ3n) is 5.66. The van der Waals surface area contributed by atoms with E-state index < -0.39 is 0 Å². The summed E-state index contributed by atoms with van der Waals surface area (Å²) in [7, 11) is 1.82. The number of hydrogen-bond acceptors (Lipinski definition) is 3. The Labute approximate surface area is 168 Å². The molecule has 1 unspecified atom stereocenters. The normalized spacial score (nSPS) is 21.2. The molecule has 1 saturated carbocycles. The zero-order valence-electron chi connectivity index (χ0n) is 16.6. The number of nitrogens with one attached hydrogen (secondary N) is 2. The van der Waals surface area contributed by atoms with Gasteiger partial charge in [0.05, 0.1) is 11.6 Å². The van der Waals surface area contributed by atoms with Crippen LogP contribution >= 0.6 is 11.6 Å². The Morgan fingerprint density at radius 2 is 1.93 bits per heavy atom. The summed E-state index contributed by atoms with van der Waals surface area (Å²) < 4.78 is 5.92. The molecule has 2 fully saturated rings. The molecule has 1 aliphatic carbocycles. The van der Waals surface area contributed by atoms with Gasteiger partial charge < -0.3 is 20.3 Å². The smallest absolute Gasteiger partial charge is 0.191 e. The summed E-state index contributed by atoms with van der Waals surface area (Å²) in [5.41, 5.74) is 0. The zero-order chi connectivity index (χ0) is 19.1. The standard InChI is InChI=1S/C21H33ClN4O/c1-16(27-20-10-6-5-9-19(20)22)15-24-21(23-2)25-17-11-13-26(14-12-17)18-7-3-4-8-18/h5-6,9-10,16-18H,3-4,7-8,11-15H2,1-2H3,(H2,23,24,25). The van der Waals surface area contributed by atoms with Crippen LogP contribution in [0.2, 0.25) is 5.02 Å². The van der Waals surface area contributed by atoms with Gasteiger partial charge in [-0.3, -0.25) is 4.99 Å². The predicted octanol–water partition coefficient (Wildman–Crippen LogP) is 3.68. The van der Waals surface area contributed by atoms with Crippen molar-refractivity contribution in [3.05, 3.63) is 29.3 Å². The Hall–Kier alpha value is -1.46. The monoisotopic (exact) mass is 392 g/mol. The van der Waals surface area contributed by atoms with Crippen molar-refractivity contribution in [2.75, 3.05) is 26.7 Å². The van der Waals surface area contributed by atoms with E-state index >= 15 is 0 Å². The highest BCUT2D eigenvalue weighted by Gasteiger charge is 2.27. The number of nitrogens with zero attached hydrogens (tertiary/aromatic N) is 2. The van der Waals surface area contributed by atoms with Crippen LogP contribution in [0.25, 0.3) is 0 Å². The third-order valence-corrected chi connectivity index (χ3v) is 5.97. The molecule has 2 aliphatic rings. The Balaban J connectivity index is 1.38. The van der Waals surface area contributed by atoms with E-state index in [1.165, 1.54) is 51.6 Å². The summed E-state index contributed by atoms with van der Waals surface area (Å²) >= 11 is 6.16. The van der Waals surface area contributed by atoms with Crippen LogP contribution in [0.1, 0.15) is 45.4 Å². The fourth-order valence-corrected chi connectivity index (χ4v) is 4.29. The van der Waals surface area contributed by atoms with Crippen LogP contribution in [0.4, 0.5) is 0 Å². The molecule has 1 aromatic rings. The number of likely N-dealkylation sites (tertiary alicyclic amines) is 1. The largest absolute Gasteiger partial charge is 0.487 e. The number of halogens is 1. The minimum absolute atomic E-state index is 0.00679. The Morgan fingerprint density at radius 1 is 1.22 bits per heavy atom. The Kier molecular flexibility index (Phi) is 7.65. The fraction of sp³-hybridized carbons (Fsp3) is 0.667. The second-order valence-electron chi connectivity index (χ2n) is 7.70. The topological polar surface area (TPSA) is 48.9 Å². The number of benzene rings is 1. The summed E-state index contributed by atoms with van der Waals surface area (Å²) in [6.45, 7) is 5.10. The van der Waals surface area contributed by atoms with Gasteiger partial charge in [-0.2, -0.15) is 0 Å². The van der Waals surface area contributed by atoms with Gasteiger partial charge >= 0.3 is 0 Å². The van der Waals surface area contributed by atoms with Gasteiger partial charge in [-0.1, -0.05) is 36.6 Å². The minimum atomic E-state index is -0.00679. The first-order chi connectivity index (χ1) is 13.2. The molecular formula is C21H33ClN4O. The Morgan fingerprint density at radius 3 is 2.59 bits per heavy atom. The van der Waals surface area contributed by atoms with Crippen molar-refractivity contribution in [1.29, 1.82) is 0 Å². The van der Waals surface area contributed by atoms with Gasteiger partial charge in [0.1, 0.15) is 11.9 Å². The maximum Gasteiger partial charge on any atom is 0.191 e. The highest BCUT2D eigenvalue weighted by molar-refractivity contribution is 6.32. The van der Waals surface area contributed by atoms with Crippen molar-refractivity contribution < 1.29 is 4.74 Å².